The lowest BCUT2D eigenvalue weighted by Gasteiger charge is -2.09. The van der Waals surface area contributed by atoms with Gasteiger partial charge in [-0.05, 0) is 36.6 Å². The SMILES string of the molecule is Cc1cccc(NC(=O)C(=S)NCCc2ccccc2)c1. The minimum Gasteiger partial charge on any atom is -0.371 e. The summed E-state index contributed by atoms with van der Waals surface area (Å²) in [5.41, 5.74) is 3.06. The number of aryl methyl sites for hydroxylation is 1. The lowest BCUT2D eigenvalue weighted by atomic mass is 10.1. The number of benzene rings is 2. The summed E-state index contributed by atoms with van der Waals surface area (Å²) in [7, 11) is 0. The summed E-state index contributed by atoms with van der Waals surface area (Å²) in [6.45, 7) is 2.62. The van der Waals surface area contributed by atoms with E-state index in [9.17, 15) is 4.79 Å². The second-order valence-electron chi connectivity index (χ2n) is 4.82. The van der Waals surface area contributed by atoms with Crippen LogP contribution in [0.2, 0.25) is 0 Å². The van der Waals surface area contributed by atoms with Gasteiger partial charge in [0.1, 0.15) is 0 Å². The van der Waals surface area contributed by atoms with Crippen LogP contribution in [0.3, 0.4) is 0 Å². The predicted octanol–water partition coefficient (Wildman–Crippen LogP) is 3.09. The first-order chi connectivity index (χ1) is 10.1. The standard InChI is InChI=1S/C17H18N2OS/c1-13-6-5-9-15(12-13)19-16(20)17(21)18-11-10-14-7-3-2-4-8-14/h2-9,12H,10-11H2,1H3,(H,18,21)(H,19,20). The van der Waals surface area contributed by atoms with E-state index in [1.807, 2.05) is 49.4 Å². The monoisotopic (exact) mass is 298 g/mol. The summed E-state index contributed by atoms with van der Waals surface area (Å²) in [4.78, 5) is 12.2. The van der Waals surface area contributed by atoms with Crippen molar-refractivity contribution in [1.29, 1.82) is 0 Å². The van der Waals surface area contributed by atoms with Gasteiger partial charge in [0.05, 0.1) is 0 Å². The van der Waals surface area contributed by atoms with Crippen molar-refractivity contribution in [1.82, 2.24) is 5.32 Å². The van der Waals surface area contributed by atoms with Crippen LogP contribution in [0.25, 0.3) is 0 Å². The summed E-state index contributed by atoms with van der Waals surface area (Å²) >= 11 is 5.10. The summed E-state index contributed by atoms with van der Waals surface area (Å²) in [6, 6.07) is 17.7. The molecule has 0 radical (unpaired) electrons. The van der Waals surface area contributed by atoms with Crippen LogP contribution >= 0.6 is 12.2 Å². The van der Waals surface area contributed by atoms with Crippen LogP contribution in [0.5, 0.6) is 0 Å². The Morgan fingerprint density at radius 3 is 2.57 bits per heavy atom. The van der Waals surface area contributed by atoms with E-state index in [2.05, 4.69) is 22.8 Å². The molecule has 0 spiro atoms. The normalized spacial score (nSPS) is 9.95. The van der Waals surface area contributed by atoms with E-state index in [0.717, 1.165) is 17.7 Å². The van der Waals surface area contributed by atoms with Crippen LogP contribution < -0.4 is 10.6 Å². The molecule has 0 fully saturated rings. The molecule has 0 heterocycles. The van der Waals surface area contributed by atoms with E-state index < -0.39 is 0 Å². The number of anilines is 1. The molecule has 2 aromatic rings. The van der Waals surface area contributed by atoms with Gasteiger partial charge in [-0.15, -0.1) is 0 Å². The maximum Gasteiger partial charge on any atom is 0.283 e. The highest BCUT2D eigenvalue weighted by Crippen LogP contribution is 2.09. The van der Waals surface area contributed by atoms with Crippen molar-refractivity contribution < 1.29 is 4.79 Å². The number of nitrogens with one attached hydrogen (secondary N) is 2. The molecule has 0 aromatic heterocycles. The van der Waals surface area contributed by atoms with Crippen molar-refractivity contribution in [3.05, 3.63) is 65.7 Å². The van der Waals surface area contributed by atoms with E-state index in [0.29, 0.717) is 6.54 Å². The lowest BCUT2D eigenvalue weighted by Crippen LogP contribution is -2.34. The molecule has 0 aliphatic heterocycles. The van der Waals surface area contributed by atoms with Gasteiger partial charge in [-0.25, -0.2) is 0 Å². The molecule has 0 bridgehead atoms. The smallest absolute Gasteiger partial charge is 0.283 e. The Kier molecular flexibility index (Phi) is 5.46. The molecule has 0 atom stereocenters. The van der Waals surface area contributed by atoms with Crippen molar-refractivity contribution in [3.63, 3.8) is 0 Å². The van der Waals surface area contributed by atoms with Gasteiger partial charge in [-0.2, -0.15) is 0 Å². The number of hydrogen-bond donors (Lipinski definition) is 2. The number of carbonyl (C=O) groups is 1. The Morgan fingerprint density at radius 1 is 1.10 bits per heavy atom. The molecule has 0 aliphatic rings. The van der Waals surface area contributed by atoms with E-state index in [4.69, 9.17) is 12.2 Å². The van der Waals surface area contributed by atoms with E-state index in [-0.39, 0.29) is 10.9 Å². The summed E-state index contributed by atoms with van der Waals surface area (Å²) in [5, 5.41) is 5.77. The summed E-state index contributed by atoms with van der Waals surface area (Å²) in [6.07, 6.45) is 0.832. The largest absolute Gasteiger partial charge is 0.371 e. The van der Waals surface area contributed by atoms with Crippen LogP contribution in [-0.2, 0) is 11.2 Å². The van der Waals surface area contributed by atoms with Crippen molar-refractivity contribution in [2.75, 3.05) is 11.9 Å². The fourth-order valence-corrected chi connectivity index (χ4v) is 2.11. The van der Waals surface area contributed by atoms with E-state index in [1.54, 1.807) is 0 Å². The first-order valence-corrected chi connectivity index (χ1v) is 7.26. The molecule has 108 valence electrons. The van der Waals surface area contributed by atoms with Crippen molar-refractivity contribution in [2.24, 2.45) is 0 Å². The molecule has 3 nitrogen and oxygen atoms in total. The Labute approximate surface area is 130 Å². The third kappa shape index (κ3) is 5.00. The van der Waals surface area contributed by atoms with Crippen molar-refractivity contribution in [2.45, 2.75) is 13.3 Å². The van der Waals surface area contributed by atoms with Crippen LogP contribution in [0.4, 0.5) is 5.69 Å². The van der Waals surface area contributed by atoms with Gasteiger partial charge in [0.15, 0.2) is 4.99 Å². The molecular weight excluding hydrogens is 280 g/mol. The molecule has 2 aromatic carbocycles. The summed E-state index contributed by atoms with van der Waals surface area (Å²) in [5.74, 6) is -0.274. The van der Waals surface area contributed by atoms with E-state index >= 15 is 0 Å². The third-order valence-electron chi connectivity index (χ3n) is 3.02. The third-order valence-corrected chi connectivity index (χ3v) is 3.35. The molecule has 4 heteroatoms. The maximum absolute atomic E-state index is 12.0. The van der Waals surface area contributed by atoms with Crippen LogP contribution in [-0.4, -0.2) is 17.4 Å². The molecule has 0 saturated carbocycles. The summed E-state index contributed by atoms with van der Waals surface area (Å²) < 4.78 is 0. The Bertz CT molecular complexity index is 626. The van der Waals surface area contributed by atoms with Gasteiger partial charge in [0, 0.05) is 12.2 Å². The average Bonchev–Trinajstić information content (AvgIpc) is 2.48. The van der Waals surface area contributed by atoms with Gasteiger partial charge in [0.2, 0.25) is 0 Å². The zero-order valence-corrected chi connectivity index (χ0v) is 12.7. The van der Waals surface area contributed by atoms with Crippen LogP contribution in [0.1, 0.15) is 11.1 Å². The van der Waals surface area contributed by atoms with Gasteiger partial charge in [0.25, 0.3) is 5.91 Å². The molecule has 0 aliphatic carbocycles. The average molecular weight is 298 g/mol. The van der Waals surface area contributed by atoms with E-state index in [1.165, 1.54) is 5.56 Å². The highest BCUT2D eigenvalue weighted by molar-refractivity contribution is 7.82. The van der Waals surface area contributed by atoms with Gasteiger partial charge >= 0.3 is 0 Å². The second kappa shape index (κ2) is 7.55. The lowest BCUT2D eigenvalue weighted by molar-refractivity contribution is -0.110. The zero-order valence-electron chi connectivity index (χ0n) is 11.9. The first kappa shape index (κ1) is 15.2. The van der Waals surface area contributed by atoms with Gasteiger partial charge in [-0.3, -0.25) is 4.79 Å². The fraction of sp³-hybridized carbons (Fsp3) is 0.176. The number of carbonyl (C=O) groups excluding carboxylic acids is 1. The minimum absolute atomic E-state index is 0.215. The van der Waals surface area contributed by atoms with Crippen molar-refractivity contribution in [3.8, 4) is 0 Å². The quantitative estimate of drug-likeness (QED) is 0.852. The Morgan fingerprint density at radius 2 is 1.86 bits per heavy atom. The highest BCUT2D eigenvalue weighted by atomic mass is 32.1. The Hall–Kier alpha value is -2.20. The van der Waals surface area contributed by atoms with Crippen LogP contribution in [0, 0.1) is 6.92 Å². The van der Waals surface area contributed by atoms with Gasteiger partial charge in [-0.1, -0.05) is 54.7 Å². The fourth-order valence-electron chi connectivity index (χ4n) is 1.96. The molecule has 0 saturated heterocycles. The van der Waals surface area contributed by atoms with Gasteiger partial charge < -0.3 is 10.6 Å². The Balaban J connectivity index is 1.79. The number of amides is 1. The number of rotatable bonds is 4. The molecule has 21 heavy (non-hydrogen) atoms. The first-order valence-electron chi connectivity index (χ1n) is 6.85. The topological polar surface area (TPSA) is 41.1 Å². The molecule has 0 unspecified atom stereocenters. The van der Waals surface area contributed by atoms with Crippen molar-refractivity contribution >= 4 is 28.8 Å². The molecule has 2 N–H and O–H groups in total. The maximum atomic E-state index is 12.0. The predicted molar refractivity (Wildman–Crippen MR) is 90.6 cm³/mol. The van der Waals surface area contributed by atoms with Crippen LogP contribution in [0.15, 0.2) is 54.6 Å². The number of hydrogen-bond acceptors (Lipinski definition) is 2. The molecule has 2 rings (SSSR count). The molecule has 1 amide bonds. The minimum atomic E-state index is -0.274. The zero-order chi connectivity index (χ0) is 15.1. The number of thiocarbonyl (C=S) groups is 1. The highest BCUT2D eigenvalue weighted by Gasteiger charge is 2.08. The molecular formula is C17H18N2OS. The second-order valence-corrected chi connectivity index (χ2v) is 5.22.